The van der Waals surface area contributed by atoms with Crippen LogP contribution in [0.2, 0.25) is 0 Å². The molecule has 1 N–H and O–H groups in total. The van der Waals surface area contributed by atoms with E-state index in [0.717, 1.165) is 13.1 Å². The van der Waals surface area contributed by atoms with Crippen LogP contribution in [0.5, 0.6) is 0 Å². The summed E-state index contributed by atoms with van der Waals surface area (Å²) in [5.41, 5.74) is 6.52. The first kappa shape index (κ1) is 15.6. The van der Waals surface area contributed by atoms with Crippen molar-refractivity contribution in [2.24, 2.45) is 0 Å². The van der Waals surface area contributed by atoms with Crippen molar-refractivity contribution in [1.29, 1.82) is 0 Å². The summed E-state index contributed by atoms with van der Waals surface area (Å²) in [5.74, 6) is 0. The van der Waals surface area contributed by atoms with Gasteiger partial charge in [-0.1, -0.05) is 31.2 Å². The molecule has 0 aliphatic rings. The fourth-order valence-electron chi connectivity index (χ4n) is 2.57. The lowest BCUT2D eigenvalue weighted by molar-refractivity contribution is 0.673. The van der Waals surface area contributed by atoms with Gasteiger partial charge in [0.1, 0.15) is 0 Å². The molecule has 0 amide bonds. The molecule has 2 heteroatoms. The molecule has 0 unspecified atom stereocenters. The lowest BCUT2D eigenvalue weighted by atomic mass is 10.1. The zero-order valence-corrected chi connectivity index (χ0v) is 13.6. The Bertz CT molecular complexity index is 590. The highest BCUT2D eigenvalue weighted by Crippen LogP contribution is 2.27. The van der Waals surface area contributed by atoms with Crippen LogP contribution in [0.15, 0.2) is 42.5 Å². The number of para-hydroxylation sites is 1. The molecule has 2 aromatic rings. The monoisotopic (exact) mass is 282 g/mol. The average molecular weight is 282 g/mol. The van der Waals surface area contributed by atoms with Crippen molar-refractivity contribution in [3.63, 3.8) is 0 Å². The van der Waals surface area contributed by atoms with Crippen molar-refractivity contribution in [1.82, 2.24) is 5.32 Å². The molecule has 0 aliphatic carbocycles. The van der Waals surface area contributed by atoms with Crippen LogP contribution in [0.3, 0.4) is 0 Å². The van der Waals surface area contributed by atoms with Crippen LogP contribution in [0.25, 0.3) is 0 Å². The zero-order chi connectivity index (χ0) is 15.2. The zero-order valence-electron chi connectivity index (χ0n) is 13.6. The Labute approximate surface area is 128 Å². The van der Waals surface area contributed by atoms with Gasteiger partial charge in [-0.05, 0) is 61.7 Å². The standard InChI is InChI=1S/C19H26N2/c1-5-12-20-14-17-10-11-18(13-16(17)3)21(4)19-9-7-6-8-15(19)2/h6-11,13,20H,5,12,14H2,1-4H3. The molecule has 0 aromatic heterocycles. The Morgan fingerprint density at radius 1 is 1.00 bits per heavy atom. The van der Waals surface area contributed by atoms with Crippen LogP contribution in [0.4, 0.5) is 11.4 Å². The van der Waals surface area contributed by atoms with Crippen LogP contribution in [0.1, 0.15) is 30.0 Å². The third kappa shape index (κ3) is 3.85. The van der Waals surface area contributed by atoms with Crippen molar-refractivity contribution < 1.29 is 0 Å². The highest BCUT2D eigenvalue weighted by molar-refractivity contribution is 5.66. The molecule has 0 bridgehead atoms. The molecule has 2 nitrogen and oxygen atoms in total. The molecule has 0 spiro atoms. The smallest absolute Gasteiger partial charge is 0.0437 e. The molecular formula is C19H26N2. The highest BCUT2D eigenvalue weighted by atomic mass is 15.1. The van der Waals surface area contributed by atoms with Crippen LogP contribution < -0.4 is 10.2 Å². The Hall–Kier alpha value is -1.80. The topological polar surface area (TPSA) is 15.3 Å². The van der Waals surface area contributed by atoms with Gasteiger partial charge in [-0.2, -0.15) is 0 Å². The number of rotatable bonds is 6. The molecule has 2 aromatic carbocycles. The lowest BCUT2D eigenvalue weighted by Crippen LogP contribution is -2.15. The third-order valence-electron chi connectivity index (χ3n) is 3.93. The van der Waals surface area contributed by atoms with E-state index in [2.05, 4.69) is 80.5 Å². The van der Waals surface area contributed by atoms with E-state index in [-0.39, 0.29) is 0 Å². The van der Waals surface area contributed by atoms with E-state index in [9.17, 15) is 0 Å². The van der Waals surface area contributed by atoms with E-state index in [1.165, 1.54) is 34.5 Å². The van der Waals surface area contributed by atoms with Gasteiger partial charge in [-0.3, -0.25) is 0 Å². The SMILES string of the molecule is CCCNCc1ccc(N(C)c2ccccc2C)cc1C. The van der Waals surface area contributed by atoms with Gasteiger partial charge in [0.25, 0.3) is 0 Å². The summed E-state index contributed by atoms with van der Waals surface area (Å²) in [6, 6.07) is 15.2. The number of benzene rings is 2. The number of aryl methyl sites for hydroxylation is 2. The van der Waals surface area contributed by atoms with Crippen molar-refractivity contribution >= 4 is 11.4 Å². The quantitative estimate of drug-likeness (QED) is 0.781. The van der Waals surface area contributed by atoms with Gasteiger partial charge in [0.15, 0.2) is 0 Å². The number of hydrogen-bond acceptors (Lipinski definition) is 2. The molecule has 21 heavy (non-hydrogen) atoms. The summed E-state index contributed by atoms with van der Waals surface area (Å²) in [6.45, 7) is 8.57. The van der Waals surface area contributed by atoms with Crippen molar-refractivity contribution in [3.05, 3.63) is 59.2 Å². The van der Waals surface area contributed by atoms with E-state index in [1.807, 2.05) is 0 Å². The molecular weight excluding hydrogens is 256 g/mol. The van der Waals surface area contributed by atoms with E-state index >= 15 is 0 Å². The van der Waals surface area contributed by atoms with E-state index < -0.39 is 0 Å². The van der Waals surface area contributed by atoms with Gasteiger partial charge in [0.2, 0.25) is 0 Å². The second-order valence-electron chi connectivity index (χ2n) is 5.63. The van der Waals surface area contributed by atoms with E-state index in [4.69, 9.17) is 0 Å². The van der Waals surface area contributed by atoms with Gasteiger partial charge < -0.3 is 10.2 Å². The van der Waals surface area contributed by atoms with Crippen molar-refractivity contribution in [2.45, 2.75) is 33.7 Å². The minimum atomic E-state index is 0.952. The molecule has 0 atom stereocenters. The number of nitrogens with one attached hydrogen (secondary N) is 1. The maximum absolute atomic E-state index is 3.47. The Morgan fingerprint density at radius 2 is 1.76 bits per heavy atom. The third-order valence-corrected chi connectivity index (χ3v) is 3.93. The van der Waals surface area contributed by atoms with Crippen LogP contribution >= 0.6 is 0 Å². The molecule has 112 valence electrons. The van der Waals surface area contributed by atoms with Gasteiger partial charge in [0.05, 0.1) is 0 Å². The minimum absolute atomic E-state index is 0.952. The van der Waals surface area contributed by atoms with Crippen LogP contribution in [-0.2, 0) is 6.54 Å². The van der Waals surface area contributed by atoms with Gasteiger partial charge in [-0.25, -0.2) is 0 Å². The Kier molecular flexibility index (Phi) is 5.40. The number of hydrogen-bond donors (Lipinski definition) is 1. The largest absolute Gasteiger partial charge is 0.344 e. The van der Waals surface area contributed by atoms with Gasteiger partial charge in [-0.15, -0.1) is 0 Å². The van der Waals surface area contributed by atoms with Crippen LogP contribution in [-0.4, -0.2) is 13.6 Å². The molecule has 0 saturated heterocycles. The van der Waals surface area contributed by atoms with Crippen molar-refractivity contribution in [2.75, 3.05) is 18.5 Å². The average Bonchev–Trinajstić information content (AvgIpc) is 2.49. The van der Waals surface area contributed by atoms with Crippen LogP contribution in [0, 0.1) is 13.8 Å². The second-order valence-corrected chi connectivity index (χ2v) is 5.63. The number of anilines is 2. The predicted molar refractivity (Wildman–Crippen MR) is 92.4 cm³/mol. The maximum Gasteiger partial charge on any atom is 0.0437 e. The molecule has 0 fully saturated rings. The summed E-state index contributed by atoms with van der Waals surface area (Å²) in [4.78, 5) is 2.26. The first-order valence-corrected chi connectivity index (χ1v) is 7.73. The molecule has 0 radical (unpaired) electrons. The number of nitrogens with zero attached hydrogens (tertiary/aromatic N) is 1. The molecule has 0 aliphatic heterocycles. The summed E-state index contributed by atoms with van der Waals surface area (Å²) < 4.78 is 0. The Morgan fingerprint density at radius 3 is 2.43 bits per heavy atom. The second kappa shape index (κ2) is 7.28. The van der Waals surface area contributed by atoms with Gasteiger partial charge in [0, 0.05) is 25.0 Å². The summed E-state index contributed by atoms with van der Waals surface area (Å²) in [7, 11) is 2.13. The fourth-order valence-corrected chi connectivity index (χ4v) is 2.57. The lowest BCUT2D eigenvalue weighted by Gasteiger charge is -2.22. The Balaban J connectivity index is 2.18. The molecule has 0 heterocycles. The highest BCUT2D eigenvalue weighted by Gasteiger charge is 2.08. The first-order chi connectivity index (χ1) is 10.1. The van der Waals surface area contributed by atoms with Crippen molar-refractivity contribution in [3.8, 4) is 0 Å². The minimum Gasteiger partial charge on any atom is -0.344 e. The maximum atomic E-state index is 3.47. The fraction of sp³-hybridized carbons (Fsp3) is 0.368. The summed E-state index contributed by atoms with van der Waals surface area (Å²) in [5, 5.41) is 3.47. The first-order valence-electron chi connectivity index (χ1n) is 7.73. The normalized spacial score (nSPS) is 10.7. The molecule has 2 rings (SSSR count). The van der Waals surface area contributed by atoms with E-state index in [1.54, 1.807) is 0 Å². The van der Waals surface area contributed by atoms with E-state index in [0.29, 0.717) is 0 Å². The predicted octanol–water partition coefficient (Wildman–Crippen LogP) is 4.57. The van der Waals surface area contributed by atoms with Gasteiger partial charge >= 0.3 is 0 Å². The molecule has 0 saturated carbocycles. The summed E-state index contributed by atoms with van der Waals surface area (Å²) >= 11 is 0. The summed E-state index contributed by atoms with van der Waals surface area (Å²) in [6.07, 6.45) is 1.17.